The van der Waals surface area contributed by atoms with Crippen LogP contribution in [0.5, 0.6) is 0 Å². The Morgan fingerprint density at radius 1 is 1.44 bits per heavy atom. The maximum Gasteiger partial charge on any atom is 0.178 e. The summed E-state index contributed by atoms with van der Waals surface area (Å²) in [5.74, 6) is 0. The van der Waals surface area contributed by atoms with Gasteiger partial charge in [-0.25, -0.2) is 0 Å². The van der Waals surface area contributed by atoms with Crippen LogP contribution in [0.15, 0.2) is 22.7 Å². The largest absolute Gasteiger partial charge is 0.331 e. The van der Waals surface area contributed by atoms with E-state index in [9.17, 15) is 0 Å². The molecule has 1 aromatic carbocycles. The van der Waals surface area contributed by atoms with Gasteiger partial charge in [0.05, 0.1) is 11.0 Å². The van der Waals surface area contributed by atoms with Crippen molar-refractivity contribution in [3.05, 3.63) is 27.4 Å². The third-order valence-electron chi connectivity index (χ3n) is 3.11. The number of benzene rings is 1. The van der Waals surface area contributed by atoms with E-state index in [0.29, 0.717) is 0 Å². The summed E-state index contributed by atoms with van der Waals surface area (Å²) in [6.07, 6.45) is 1.05. The number of aromatic amines is 1. The van der Waals surface area contributed by atoms with E-state index in [1.165, 1.54) is 5.52 Å². The lowest BCUT2D eigenvalue weighted by atomic mass is 10.0. The highest BCUT2D eigenvalue weighted by atomic mass is 79.9. The normalized spacial score (nSPS) is 12.2. The van der Waals surface area contributed by atoms with Crippen molar-refractivity contribution < 1.29 is 0 Å². The zero-order chi connectivity index (χ0) is 11.9. The second-order valence-corrected chi connectivity index (χ2v) is 5.90. The van der Waals surface area contributed by atoms with Crippen LogP contribution in [0.1, 0.15) is 27.2 Å². The molecule has 0 amide bonds. The van der Waals surface area contributed by atoms with Crippen LogP contribution in [-0.2, 0) is 5.54 Å². The van der Waals surface area contributed by atoms with Crippen molar-refractivity contribution in [2.45, 2.75) is 32.7 Å². The SMILES string of the molecule is CCC(C)(C)n1c(=S)[nH]c2cc(Br)ccc21. The molecule has 0 spiro atoms. The van der Waals surface area contributed by atoms with Gasteiger partial charge in [0.2, 0.25) is 0 Å². The summed E-state index contributed by atoms with van der Waals surface area (Å²) in [6.45, 7) is 6.59. The molecule has 0 saturated heterocycles. The quantitative estimate of drug-likeness (QED) is 0.803. The smallest absolute Gasteiger partial charge is 0.178 e. The van der Waals surface area contributed by atoms with Crippen molar-refractivity contribution in [1.82, 2.24) is 9.55 Å². The predicted molar refractivity (Wildman–Crippen MR) is 74.4 cm³/mol. The molecule has 0 aliphatic heterocycles. The average Bonchev–Trinajstić information content (AvgIpc) is 2.53. The van der Waals surface area contributed by atoms with E-state index < -0.39 is 0 Å². The van der Waals surface area contributed by atoms with Gasteiger partial charge in [0, 0.05) is 10.0 Å². The molecule has 0 fully saturated rings. The van der Waals surface area contributed by atoms with Gasteiger partial charge in [-0.05, 0) is 50.7 Å². The Hall–Kier alpha value is -0.610. The maximum atomic E-state index is 5.40. The molecule has 2 rings (SSSR count). The minimum Gasteiger partial charge on any atom is -0.331 e. The molecule has 0 bridgehead atoms. The molecular weight excluding hydrogens is 284 g/mol. The summed E-state index contributed by atoms with van der Waals surface area (Å²) in [5.41, 5.74) is 2.30. The second kappa shape index (κ2) is 4.00. The van der Waals surface area contributed by atoms with Crippen LogP contribution in [-0.4, -0.2) is 9.55 Å². The van der Waals surface area contributed by atoms with E-state index in [1.54, 1.807) is 0 Å². The number of hydrogen-bond acceptors (Lipinski definition) is 1. The Morgan fingerprint density at radius 3 is 2.75 bits per heavy atom. The average molecular weight is 299 g/mol. The number of halogens is 1. The fraction of sp³-hybridized carbons (Fsp3) is 0.417. The lowest BCUT2D eigenvalue weighted by Crippen LogP contribution is -2.25. The number of rotatable bonds is 2. The minimum absolute atomic E-state index is 0.0448. The molecule has 0 unspecified atom stereocenters. The lowest BCUT2D eigenvalue weighted by Gasteiger charge is -2.25. The molecule has 0 saturated carbocycles. The molecule has 0 aliphatic carbocycles. The van der Waals surface area contributed by atoms with Gasteiger partial charge in [0.1, 0.15) is 0 Å². The van der Waals surface area contributed by atoms with Gasteiger partial charge in [0.25, 0.3) is 0 Å². The maximum absolute atomic E-state index is 5.40. The molecule has 16 heavy (non-hydrogen) atoms. The number of imidazole rings is 1. The van der Waals surface area contributed by atoms with Crippen LogP contribution in [0.25, 0.3) is 11.0 Å². The Labute approximate surface area is 109 Å². The predicted octanol–water partition coefficient (Wildman–Crippen LogP) is 4.61. The molecule has 2 nitrogen and oxygen atoms in total. The molecule has 1 N–H and O–H groups in total. The Bertz CT molecular complexity index is 580. The standard InChI is InChI=1S/C12H15BrN2S/c1-4-12(2,3)15-10-6-5-8(13)7-9(10)14-11(15)16/h5-7H,4H2,1-3H3,(H,14,16). The van der Waals surface area contributed by atoms with Crippen LogP contribution >= 0.6 is 28.1 Å². The number of hydrogen-bond donors (Lipinski definition) is 1. The van der Waals surface area contributed by atoms with Crippen molar-refractivity contribution in [1.29, 1.82) is 0 Å². The van der Waals surface area contributed by atoms with E-state index >= 15 is 0 Å². The first kappa shape index (κ1) is 11.9. The zero-order valence-corrected chi connectivity index (χ0v) is 12.1. The summed E-state index contributed by atoms with van der Waals surface area (Å²) in [4.78, 5) is 3.26. The fourth-order valence-electron chi connectivity index (χ4n) is 1.84. The second-order valence-electron chi connectivity index (χ2n) is 4.59. The van der Waals surface area contributed by atoms with Gasteiger partial charge < -0.3 is 9.55 Å². The van der Waals surface area contributed by atoms with E-state index in [0.717, 1.165) is 21.2 Å². The van der Waals surface area contributed by atoms with Gasteiger partial charge in [-0.2, -0.15) is 0 Å². The molecule has 0 radical (unpaired) electrons. The molecule has 1 aromatic heterocycles. The zero-order valence-electron chi connectivity index (χ0n) is 9.67. The van der Waals surface area contributed by atoms with E-state index in [1.807, 2.05) is 6.07 Å². The van der Waals surface area contributed by atoms with Gasteiger partial charge in [-0.15, -0.1) is 0 Å². The van der Waals surface area contributed by atoms with Gasteiger partial charge in [-0.1, -0.05) is 22.9 Å². The summed E-state index contributed by atoms with van der Waals surface area (Å²) in [6, 6.07) is 6.21. The Kier molecular flexibility index (Phi) is 2.97. The molecular formula is C12H15BrN2S. The molecule has 0 atom stereocenters. The summed E-state index contributed by atoms with van der Waals surface area (Å²) >= 11 is 8.87. The first-order chi connectivity index (χ1) is 7.45. The number of H-pyrrole nitrogens is 1. The molecule has 86 valence electrons. The van der Waals surface area contributed by atoms with Crippen molar-refractivity contribution in [2.24, 2.45) is 0 Å². The first-order valence-electron chi connectivity index (χ1n) is 5.36. The minimum atomic E-state index is 0.0448. The van der Waals surface area contributed by atoms with Crippen molar-refractivity contribution in [2.75, 3.05) is 0 Å². The van der Waals surface area contributed by atoms with Crippen LogP contribution < -0.4 is 0 Å². The Balaban J connectivity index is 2.80. The van der Waals surface area contributed by atoms with Crippen molar-refractivity contribution in [3.63, 3.8) is 0 Å². The van der Waals surface area contributed by atoms with Gasteiger partial charge >= 0.3 is 0 Å². The van der Waals surface area contributed by atoms with Gasteiger partial charge in [0.15, 0.2) is 4.77 Å². The number of fused-ring (bicyclic) bond motifs is 1. The number of aromatic nitrogens is 2. The van der Waals surface area contributed by atoms with E-state index in [4.69, 9.17) is 12.2 Å². The monoisotopic (exact) mass is 298 g/mol. The Morgan fingerprint density at radius 2 is 2.12 bits per heavy atom. The van der Waals surface area contributed by atoms with E-state index in [-0.39, 0.29) is 5.54 Å². The van der Waals surface area contributed by atoms with Gasteiger partial charge in [-0.3, -0.25) is 0 Å². The summed E-state index contributed by atoms with van der Waals surface area (Å²) in [5, 5.41) is 0. The molecule has 4 heteroatoms. The van der Waals surface area contributed by atoms with Crippen molar-refractivity contribution in [3.8, 4) is 0 Å². The third kappa shape index (κ3) is 1.84. The lowest BCUT2D eigenvalue weighted by molar-refractivity contribution is 0.348. The number of nitrogens with zero attached hydrogens (tertiary/aromatic N) is 1. The van der Waals surface area contributed by atoms with Crippen molar-refractivity contribution >= 4 is 39.2 Å². The molecule has 1 heterocycles. The summed E-state index contributed by atoms with van der Waals surface area (Å²) in [7, 11) is 0. The fourth-order valence-corrected chi connectivity index (χ4v) is 2.66. The van der Waals surface area contributed by atoms with Crippen LogP contribution in [0.4, 0.5) is 0 Å². The number of nitrogens with one attached hydrogen (secondary N) is 1. The first-order valence-corrected chi connectivity index (χ1v) is 6.56. The molecule has 2 aromatic rings. The highest BCUT2D eigenvalue weighted by Crippen LogP contribution is 2.27. The molecule has 0 aliphatic rings. The highest BCUT2D eigenvalue weighted by molar-refractivity contribution is 9.10. The van der Waals surface area contributed by atoms with Crippen LogP contribution in [0, 0.1) is 4.77 Å². The van der Waals surface area contributed by atoms with E-state index in [2.05, 4.69) is 58.4 Å². The highest BCUT2D eigenvalue weighted by Gasteiger charge is 2.21. The van der Waals surface area contributed by atoms with Crippen LogP contribution in [0.3, 0.4) is 0 Å². The summed E-state index contributed by atoms with van der Waals surface area (Å²) < 4.78 is 4.06. The van der Waals surface area contributed by atoms with Crippen LogP contribution in [0.2, 0.25) is 0 Å². The third-order valence-corrected chi connectivity index (χ3v) is 3.89. The topological polar surface area (TPSA) is 20.7 Å².